The van der Waals surface area contributed by atoms with Crippen molar-refractivity contribution in [2.45, 2.75) is 44.6 Å². The molecule has 2 aliphatic rings. The van der Waals surface area contributed by atoms with Crippen LogP contribution in [0.4, 0.5) is 5.82 Å². The third kappa shape index (κ3) is 3.10. The van der Waals surface area contributed by atoms with Crippen molar-refractivity contribution in [3.63, 3.8) is 0 Å². The van der Waals surface area contributed by atoms with E-state index in [0.717, 1.165) is 38.0 Å². The molecule has 22 heavy (non-hydrogen) atoms. The van der Waals surface area contributed by atoms with Gasteiger partial charge in [-0.15, -0.1) is 0 Å². The normalized spacial score (nSPS) is 22.7. The Kier molecular flexibility index (Phi) is 4.36. The van der Waals surface area contributed by atoms with Gasteiger partial charge in [0.25, 0.3) is 0 Å². The average Bonchev–Trinajstić information content (AvgIpc) is 2.53. The lowest BCUT2D eigenvalue weighted by molar-refractivity contribution is 0.321. The van der Waals surface area contributed by atoms with Crippen LogP contribution in [-0.2, 0) is 22.9 Å². The Morgan fingerprint density at radius 1 is 1.23 bits per heavy atom. The minimum absolute atomic E-state index is 0.0259. The lowest BCUT2D eigenvalue weighted by atomic mass is 9.95. The van der Waals surface area contributed by atoms with E-state index in [1.165, 1.54) is 34.7 Å². The predicted octanol–water partition coefficient (Wildman–Crippen LogP) is 1.22. The molecule has 2 heterocycles. The molecule has 1 unspecified atom stereocenters. The summed E-state index contributed by atoms with van der Waals surface area (Å²) in [7, 11) is -1.47. The van der Waals surface area contributed by atoms with Crippen molar-refractivity contribution in [2.75, 3.05) is 31.3 Å². The molecule has 0 spiro atoms. The average molecular weight is 324 g/mol. The summed E-state index contributed by atoms with van der Waals surface area (Å²) >= 11 is 0. The predicted molar refractivity (Wildman–Crippen MR) is 86.5 cm³/mol. The SMILES string of the molecule is CN(C1CCCN(c2ncnc3c2CCCC3)C1)S(C)(=O)=O. The molecule has 1 aliphatic carbocycles. The molecule has 0 aromatic carbocycles. The number of hydrogen-bond acceptors (Lipinski definition) is 5. The first kappa shape index (κ1) is 15.7. The first-order chi connectivity index (χ1) is 10.5. The molecule has 0 saturated carbocycles. The van der Waals surface area contributed by atoms with E-state index in [1.54, 1.807) is 13.4 Å². The summed E-state index contributed by atoms with van der Waals surface area (Å²) in [5.41, 5.74) is 2.45. The van der Waals surface area contributed by atoms with Crippen LogP contribution in [0.25, 0.3) is 0 Å². The first-order valence-electron chi connectivity index (χ1n) is 7.97. The van der Waals surface area contributed by atoms with E-state index in [0.29, 0.717) is 6.54 Å². The van der Waals surface area contributed by atoms with Crippen LogP contribution in [-0.4, -0.2) is 55.1 Å². The van der Waals surface area contributed by atoms with Crippen molar-refractivity contribution < 1.29 is 8.42 Å². The Balaban J connectivity index is 1.84. The van der Waals surface area contributed by atoms with Gasteiger partial charge in [0.05, 0.1) is 6.26 Å². The largest absolute Gasteiger partial charge is 0.355 e. The highest BCUT2D eigenvalue weighted by Crippen LogP contribution is 2.29. The zero-order valence-corrected chi connectivity index (χ0v) is 14.1. The van der Waals surface area contributed by atoms with Gasteiger partial charge in [-0.25, -0.2) is 22.7 Å². The topological polar surface area (TPSA) is 66.4 Å². The van der Waals surface area contributed by atoms with Crippen LogP contribution in [0.1, 0.15) is 36.9 Å². The highest BCUT2D eigenvalue weighted by molar-refractivity contribution is 7.88. The molecule has 6 nitrogen and oxygen atoms in total. The smallest absolute Gasteiger partial charge is 0.211 e. The fourth-order valence-corrected chi connectivity index (χ4v) is 4.20. The summed E-state index contributed by atoms with van der Waals surface area (Å²) in [6.45, 7) is 1.66. The number of fused-ring (bicyclic) bond motifs is 1. The van der Waals surface area contributed by atoms with Crippen LogP contribution in [0, 0.1) is 0 Å². The molecule has 0 amide bonds. The van der Waals surface area contributed by atoms with E-state index in [4.69, 9.17) is 0 Å². The van der Waals surface area contributed by atoms with Crippen molar-refractivity contribution in [3.8, 4) is 0 Å². The summed E-state index contributed by atoms with van der Waals surface area (Å²) in [6, 6.07) is 0.0259. The van der Waals surface area contributed by atoms with Crippen molar-refractivity contribution in [2.24, 2.45) is 0 Å². The Morgan fingerprint density at radius 2 is 2.00 bits per heavy atom. The van der Waals surface area contributed by atoms with Gasteiger partial charge in [0, 0.05) is 37.4 Å². The van der Waals surface area contributed by atoms with Gasteiger partial charge in [-0.1, -0.05) is 0 Å². The van der Waals surface area contributed by atoms with Crippen LogP contribution < -0.4 is 4.90 Å². The van der Waals surface area contributed by atoms with E-state index in [9.17, 15) is 8.42 Å². The third-order valence-corrected chi connectivity index (χ3v) is 6.18. The number of sulfonamides is 1. The molecule has 0 bridgehead atoms. The summed E-state index contributed by atoms with van der Waals surface area (Å²) < 4.78 is 25.1. The van der Waals surface area contributed by atoms with Crippen LogP contribution >= 0.6 is 0 Å². The molecule has 0 N–H and O–H groups in total. The fraction of sp³-hybridized carbons (Fsp3) is 0.733. The maximum atomic E-state index is 11.8. The van der Waals surface area contributed by atoms with Gasteiger partial charge in [0.2, 0.25) is 10.0 Å². The number of aryl methyl sites for hydroxylation is 1. The van der Waals surface area contributed by atoms with Crippen LogP contribution in [0.5, 0.6) is 0 Å². The van der Waals surface area contributed by atoms with Crippen LogP contribution in [0.3, 0.4) is 0 Å². The molecule has 1 aliphatic heterocycles. The summed E-state index contributed by atoms with van der Waals surface area (Å²) in [5.74, 6) is 1.02. The van der Waals surface area contributed by atoms with Gasteiger partial charge in [-0.05, 0) is 38.5 Å². The van der Waals surface area contributed by atoms with Gasteiger partial charge in [0.15, 0.2) is 0 Å². The number of anilines is 1. The van der Waals surface area contributed by atoms with Crippen molar-refractivity contribution >= 4 is 15.8 Å². The maximum Gasteiger partial charge on any atom is 0.211 e. The zero-order chi connectivity index (χ0) is 15.7. The second-order valence-corrected chi connectivity index (χ2v) is 8.39. The second kappa shape index (κ2) is 6.12. The lowest BCUT2D eigenvalue weighted by Gasteiger charge is -2.38. The Labute approximate surface area is 132 Å². The third-order valence-electron chi connectivity index (χ3n) is 4.84. The van der Waals surface area contributed by atoms with Crippen molar-refractivity contribution in [3.05, 3.63) is 17.6 Å². The fourth-order valence-electron chi connectivity index (χ4n) is 3.49. The van der Waals surface area contributed by atoms with Gasteiger partial charge in [0.1, 0.15) is 12.1 Å². The standard InChI is InChI=1S/C15H24N4O2S/c1-18(22(2,20)21)12-6-5-9-19(10-12)15-13-7-3-4-8-14(13)16-11-17-15/h11-12H,3-10H2,1-2H3. The first-order valence-corrected chi connectivity index (χ1v) is 9.82. The molecule has 1 saturated heterocycles. The van der Waals surface area contributed by atoms with Gasteiger partial charge < -0.3 is 4.90 Å². The lowest BCUT2D eigenvalue weighted by Crippen LogP contribution is -2.48. The van der Waals surface area contributed by atoms with Crippen molar-refractivity contribution in [1.82, 2.24) is 14.3 Å². The number of nitrogens with zero attached hydrogens (tertiary/aromatic N) is 4. The quantitative estimate of drug-likeness (QED) is 0.836. The molecule has 7 heteroatoms. The van der Waals surface area contributed by atoms with Crippen LogP contribution in [0.2, 0.25) is 0 Å². The molecule has 3 rings (SSSR count). The van der Waals surface area contributed by atoms with Crippen molar-refractivity contribution in [1.29, 1.82) is 0 Å². The number of aromatic nitrogens is 2. The molecule has 1 atom stereocenters. The second-order valence-electron chi connectivity index (χ2n) is 6.35. The molecule has 0 radical (unpaired) electrons. The van der Waals surface area contributed by atoms with Gasteiger partial charge >= 0.3 is 0 Å². The minimum atomic E-state index is -3.15. The van der Waals surface area contributed by atoms with E-state index >= 15 is 0 Å². The molecule has 122 valence electrons. The maximum absolute atomic E-state index is 11.8. The van der Waals surface area contributed by atoms with E-state index in [2.05, 4.69) is 14.9 Å². The van der Waals surface area contributed by atoms with Gasteiger partial charge in [-0.2, -0.15) is 0 Å². The number of hydrogen-bond donors (Lipinski definition) is 0. The number of piperidine rings is 1. The molecule has 1 aromatic rings. The van der Waals surface area contributed by atoms with Crippen LogP contribution in [0.15, 0.2) is 6.33 Å². The molecule has 1 aromatic heterocycles. The zero-order valence-electron chi connectivity index (χ0n) is 13.3. The summed E-state index contributed by atoms with van der Waals surface area (Å²) in [6.07, 6.45) is 9.29. The Bertz CT molecular complexity index is 647. The van der Waals surface area contributed by atoms with E-state index in [-0.39, 0.29) is 6.04 Å². The summed E-state index contributed by atoms with van der Waals surface area (Å²) in [5, 5.41) is 0. The monoisotopic (exact) mass is 324 g/mol. The molecule has 1 fully saturated rings. The van der Waals surface area contributed by atoms with E-state index < -0.39 is 10.0 Å². The van der Waals surface area contributed by atoms with E-state index in [1.807, 2.05) is 0 Å². The van der Waals surface area contributed by atoms with Gasteiger partial charge in [-0.3, -0.25) is 0 Å². The highest BCUT2D eigenvalue weighted by Gasteiger charge is 2.30. The summed E-state index contributed by atoms with van der Waals surface area (Å²) in [4.78, 5) is 11.2. The number of likely N-dealkylation sites (N-methyl/N-ethyl adjacent to an activating group) is 1. The Hall–Kier alpha value is -1.21. The highest BCUT2D eigenvalue weighted by atomic mass is 32.2. The molecular formula is C15H24N4O2S. The minimum Gasteiger partial charge on any atom is -0.355 e. The number of rotatable bonds is 3. The molecular weight excluding hydrogens is 300 g/mol. The Morgan fingerprint density at radius 3 is 2.77 bits per heavy atom.